The molecule has 0 bridgehead atoms. The van der Waals surface area contributed by atoms with Crippen LogP contribution in [0, 0.1) is 17.8 Å². The van der Waals surface area contributed by atoms with Crippen molar-refractivity contribution in [3.63, 3.8) is 0 Å². The lowest BCUT2D eigenvalue weighted by Crippen LogP contribution is -2.48. The summed E-state index contributed by atoms with van der Waals surface area (Å²) in [6.07, 6.45) is 0.945. The molecule has 0 heterocycles. The van der Waals surface area contributed by atoms with Crippen LogP contribution in [0.3, 0.4) is 0 Å². The minimum Gasteiger partial charge on any atom is -0.411 e. The number of amides is 2. The zero-order chi connectivity index (χ0) is 35.8. The van der Waals surface area contributed by atoms with Gasteiger partial charge in [-0.3, -0.25) is 19.4 Å². The van der Waals surface area contributed by atoms with E-state index >= 15 is 0 Å². The molecule has 2 aromatic rings. The molecule has 48 heavy (non-hydrogen) atoms. The second-order valence-electron chi connectivity index (χ2n) is 12.2. The van der Waals surface area contributed by atoms with Gasteiger partial charge in [0.25, 0.3) is 0 Å². The lowest BCUT2D eigenvalue weighted by atomic mass is 9.87. The maximum absolute atomic E-state index is 13.8. The number of rotatable bonds is 19. The molecule has 2 amide bonds. The first kappa shape index (κ1) is 38.9. The van der Waals surface area contributed by atoms with Crippen molar-refractivity contribution in [3.8, 4) is 0 Å². The quantitative estimate of drug-likeness (QED) is 0.0381. The Morgan fingerprint density at radius 2 is 1.44 bits per heavy atom. The van der Waals surface area contributed by atoms with Crippen molar-refractivity contribution < 1.29 is 24.4 Å². The number of nitrogens with one attached hydrogen (secondary N) is 2. The number of nitrogens with two attached hydrogens (primary N) is 4. The number of ketones is 2. The van der Waals surface area contributed by atoms with Crippen molar-refractivity contribution in [2.75, 3.05) is 6.54 Å². The molecule has 0 fully saturated rings. The van der Waals surface area contributed by atoms with Crippen molar-refractivity contribution in [1.29, 1.82) is 0 Å². The summed E-state index contributed by atoms with van der Waals surface area (Å²) < 4.78 is 0. The molecule has 14 nitrogen and oxygen atoms in total. The molecule has 0 unspecified atom stereocenters. The van der Waals surface area contributed by atoms with Gasteiger partial charge in [0.2, 0.25) is 11.8 Å². The number of nitrogens with zero attached hydrogens (tertiary/aromatic N) is 3. The van der Waals surface area contributed by atoms with Crippen molar-refractivity contribution in [2.24, 2.45) is 55.8 Å². The van der Waals surface area contributed by atoms with Gasteiger partial charge < -0.3 is 43.6 Å². The summed E-state index contributed by atoms with van der Waals surface area (Å²) in [6, 6.07) is 13.3. The second-order valence-corrected chi connectivity index (χ2v) is 12.2. The van der Waals surface area contributed by atoms with E-state index in [1.807, 2.05) is 26.0 Å². The summed E-state index contributed by atoms with van der Waals surface area (Å²) in [4.78, 5) is 60.7. The third-order valence-corrected chi connectivity index (χ3v) is 7.70. The Balaban J connectivity index is 2.26. The van der Waals surface area contributed by atoms with Gasteiger partial charge in [0.1, 0.15) is 5.78 Å². The number of aliphatic imine (C=N–C) groups is 2. The van der Waals surface area contributed by atoms with Crippen LogP contribution in [0.4, 0.5) is 5.69 Å². The number of carbonyl (C=O) groups is 4. The predicted octanol–water partition coefficient (Wildman–Crippen LogP) is 2.01. The molecule has 11 N–H and O–H groups in total. The fourth-order valence-electron chi connectivity index (χ4n) is 5.13. The summed E-state index contributed by atoms with van der Waals surface area (Å²) >= 11 is 0. The smallest absolute Gasteiger partial charge is 0.224 e. The van der Waals surface area contributed by atoms with Crippen LogP contribution < -0.4 is 33.6 Å². The molecule has 0 aliphatic carbocycles. The number of Topliss-reactive ketones (excluding diaryl/α,β-unsaturated/α-hetero) is 2. The topological polar surface area (TPSA) is 254 Å². The highest BCUT2D eigenvalue weighted by Gasteiger charge is 2.31. The molecular weight excluding hydrogens is 614 g/mol. The van der Waals surface area contributed by atoms with Gasteiger partial charge in [-0.05, 0) is 67.9 Å². The molecule has 0 aliphatic heterocycles. The van der Waals surface area contributed by atoms with Gasteiger partial charge in [-0.25, -0.2) is 4.99 Å². The van der Waals surface area contributed by atoms with Crippen LogP contribution >= 0.6 is 0 Å². The first-order valence-electron chi connectivity index (χ1n) is 15.8. The Morgan fingerprint density at radius 3 is 1.98 bits per heavy atom. The molecule has 14 heteroatoms. The van der Waals surface area contributed by atoms with E-state index in [4.69, 9.17) is 28.1 Å². The van der Waals surface area contributed by atoms with Crippen molar-refractivity contribution in [1.82, 2.24) is 10.6 Å². The third kappa shape index (κ3) is 13.6. The number of guanidine groups is 2. The summed E-state index contributed by atoms with van der Waals surface area (Å²) in [6.45, 7) is 7.22. The van der Waals surface area contributed by atoms with Crippen LogP contribution in [-0.2, 0) is 32.1 Å². The summed E-state index contributed by atoms with van der Waals surface area (Å²) in [5.41, 5.74) is 25.1. The highest BCUT2D eigenvalue weighted by Crippen LogP contribution is 2.21. The van der Waals surface area contributed by atoms with Crippen LogP contribution in [0.15, 0.2) is 63.7 Å². The Hall–Kier alpha value is -5.27. The maximum Gasteiger partial charge on any atom is 0.224 e. The minimum atomic E-state index is -0.881. The molecule has 0 saturated heterocycles. The van der Waals surface area contributed by atoms with E-state index < -0.39 is 23.8 Å². The van der Waals surface area contributed by atoms with Crippen LogP contribution in [-0.4, -0.2) is 58.8 Å². The lowest BCUT2D eigenvalue weighted by molar-refractivity contribution is -0.134. The first-order valence-corrected chi connectivity index (χ1v) is 15.8. The number of benzene rings is 2. The number of hydrogen-bond acceptors (Lipinski definition) is 8. The maximum atomic E-state index is 13.8. The van der Waals surface area contributed by atoms with Crippen LogP contribution in [0.2, 0.25) is 0 Å². The highest BCUT2D eigenvalue weighted by atomic mass is 16.4. The van der Waals surface area contributed by atoms with E-state index in [-0.39, 0.29) is 61.1 Å². The standard InChI is InChI=1S/C34H49N9O5/c1-20(2)30(42-32(47)26(16-21(3)44)6-5-15-39-33(35)36)29(45)18-27(17-23-9-13-28(14-10-23)41-34(37)38)31(46)40-19-24-7-11-25(12-8-24)22(4)43-48/h7-14,20,26-27,30,48H,5-6,15-19H2,1-4H3,(H,40,46)(H,42,47)(H4,35,36,39)(H4,37,38,41)/b43-22+/t26-,27-,30+/m1/s1. The van der Waals surface area contributed by atoms with E-state index in [9.17, 15) is 19.2 Å². The SMILES string of the molecule is CC(=O)C[C@@H](CCCN=C(N)N)C(=O)N[C@H](C(=O)C[C@@H](Cc1ccc(N=C(N)N)cc1)C(=O)NCc1ccc(/C(C)=N/O)cc1)C(C)C. The molecule has 0 spiro atoms. The van der Waals surface area contributed by atoms with E-state index in [2.05, 4.69) is 25.8 Å². The number of hydrogen-bond donors (Lipinski definition) is 7. The lowest BCUT2D eigenvalue weighted by Gasteiger charge is -2.26. The van der Waals surface area contributed by atoms with Crippen LogP contribution in [0.25, 0.3) is 0 Å². The molecule has 260 valence electrons. The monoisotopic (exact) mass is 663 g/mol. The second kappa shape index (κ2) is 19.4. The van der Waals surface area contributed by atoms with Gasteiger partial charge in [-0.15, -0.1) is 0 Å². The predicted molar refractivity (Wildman–Crippen MR) is 186 cm³/mol. The van der Waals surface area contributed by atoms with E-state index in [1.165, 1.54) is 6.92 Å². The number of oxime groups is 1. The van der Waals surface area contributed by atoms with Gasteiger partial charge >= 0.3 is 0 Å². The Labute approximate surface area is 281 Å². The van der Waals surface area contributed by atoms with Crippen LogP contribution in [0.1, 0.15) is 70.1 Å². The van der Waals surface area contributed by atoms with Crippen molar-refractivity contribution in [2.45, 2.75) is 72.4 Å². The summed E-state index contributed by atoms with van der Waals surface area (Å²) in [5, 5.41) is 18.0. The molecule has 0 radical (unpaired) electrons. The zero-order valence-corrected chi connectivity index (χ0v) is 28.1. The largest absolute Gasteiger partial charge is 0.411 e. The fraction of sp³-hybridized carbons (Fsp3) is 0.441. The summed E-state index contributed by atoms with van der Waals surface area (Å²) in [5.74, 6) is -3.06. The fourth-order valence-corrected chi connectivity index (χ4v) is 5.13. The Morgan fingerprint density at radius 1 is 0.812 bits per heavy atom. The molecule has 3 atom stereocenters. The molecule has 0 saturated carbocycles. The van der Waals surface area contributed by atoms with Gasteiger partial charge in [0.15, 0.2) is 17.7 Å². The van der Waals surface area contributed by atoms with Crippen LogP contribution in [0.5, 0.6) is 0 Å². The normalized spacial score (nSPS) is 13.1. The number of carbonyl (C=O) groups excluding carboxylic acids is 4. The molecular formula is C34H49N9O5. The van der Waals surface area contributed by atoms with Gasteiger partial charge in [-0.1, -0.05) is 55.4 Å². The van der Waals surface area contributed by atoms with Gasteiger partial charge in [-0.2, -0.15) is 0 Å². The average molecular weight is 664 g/mol. The summed E-state index contributed by atoms with van der Waals surface area (Å²) in [7, 11) is 0. The first-order chi connectivity index (χ1) is 22.7. The highest BCUT2D eigenvalue weighted by molar-refractivity contribution is 5.98. The molecule has 0 aromatic heterocycles. The average Bonchev–Trinajstić information content (AvgIpc) is 3.03. The zero-order valence-electron chi connectivity index (χ0n) is 28.1. The molecule has 2 aromatic carbocycles. The third-order valence-electron chi connectivity index (χ3n) is 7.70. The van der Waals surface area contributed by atoms with Gasteiger partial charge in [0, 0.05) is 37.8 Å². The van der Waals surface area contributed by atoms with E-state index in [0.29, 0.717) is 30.8 Å². The Kier molecular flexibility index (Phi) is 15.7. The van der Waals surface area contributed by atoms with Crippen molar-refractivity contribution in [3.05, 3.63) is 65.2 Å². The Bertz CT molecular complexity index is 1480. The van der Waals surface area contributed by atoms with E-state index in [1.54, 1.807) is 43.3 Å². The molecule has 0 aliphatic rings. The minimum absolute atomic E-state index is 0.0148. The molecule has 2 rings (SSSR count). The van der Waals surface area contributed by atoms with Gasteiger partial charge in [0.05, 0.1) is 17.4 Å². The van der Waals surface area contributed by atoms with Crippen molar-refractivity contribution >= 4 is 46.7 Å². The van der Waals surface area contributed by atoms with E-state index in [0.717, 1.165) is 16.7 Å².